The standard InChI is InChI=1S/C13H18N2O3/c1-9-2-3-12(18-9)13(17)15-11-4-6-14-10(8-11)5-7-16/h4,6,8-9,12,16H,2-3,5,7H2,1H3,(H,14,15,17). The number of aliphatic hydroxyl groups excluding tert-OH is 1. The van der Waals surface area contributed by atoms with E-state index in [1.54, 1.807) is 18.3 Å². The number of nitrogens with zero attached hydrogens (tertiary/aromatic N) is 1. The van der Waals surface area contributed by atoms with E-state index in [1.807, 2.05) is 6.92 Å². The number of amides is 1. The van der Waals surface area contributed by atoms with Crippen LogP contribution in [0.15, 0.2) is 18.3 Å². The molecule has 18 heavy (non-hydrogen) atoms. The smallest absolute Gasteiger partial charge is 0.253 e. The van der Waals surface area contributed by atoms with E-state index in [2.05, 4.69) is 10.3 Å². The van der Waals surface area contributed by atoms with Gasteiger partial charge in [0.2, 0.25) is 0 Å². The summed E-state index contributed by atoms with van der Waals surface area (Å²) in [6.45, 7) is 2.02. The van der Waals surface area contributed by atoms with Crippen molar-refractivity contribution >= 4 is 11.6 Å². The molecule has 1 saturated heterocycles. The second-order valence-electron chi connectivity index (χ2n) is 4.51. The van der Waals surface area contributed by atoms with E-state index in [0.29, 0.717) is 12.1 Å². The molecule has 1 aromatic heterocycles. The van der Waals surface area contributed by atoms with Crippen LogP contribution in [0.3, 0.4) is 0 Å². The van der Waals surface area contributed by atoms with Crippen molar-refractivity contribution in [1.29, 1.82) is 0 Å². The summed E-state index contributed by atoms with van der Waals surface area (Å²) in [4.78, 5) is 16.0. The first-order valence-corrected chi connectivity index (χ1v) is 6.21. The van der Waals surface area contributed by atoms with E-state index in [1.165, 1.54) is 0 Å². The number of ether oxygens (including phenoxy) is 1. The minimum Gasteiger partial charge on any atom is -0.396 e. The number of hydrogen-bond acceptors (Lipinski definition) is 4. The summed E-state index contributed by atoms with van der Waals surface area (Å²) >= 11 is 0. The van der Waals surface area contributed by atoms with Gasteiger partial charge in [-0.1, -0.05) is 0 Å². The van der Waals surface area contributed by atoms with Gasteiger partial charge < -0.3 is 15.2 Å². The predicted molar refractivity (Wildman–Crippen MR) is 67.2 cm³/mol. The van der Waals surface area contributed by atoms with Crippen LogP contribution in [0.25, 0.3) is 0 Å². The molecule has 1 fully saturated rings. The van der Waals surface area contributed by atoms with Gasteiger partial charge >= 0.3 is 0 Å². The van der Waals surface area contributed by atoms with Gasteiger partial charge in [-0.05, 0) is 31.9 Å². The van der Waals surface area contributed by atoms with Crippen LogP contribution in [0, 0.1) is 0 Å². The van der Waals surface area contributed by atoms with E-state index in [9.17, 15) is 4.79 Å². The van der Waals surface area contributed by atoms with Crippen LogP contribution in [0.1, 0.15) is 25.5 Å². The molecule has 1 aliphatic rings. The Morgan fingerprint density at radius 2 is 2.44 bits per heavy atom. The van der Waals surface area contributed by atoms with E-state index in [4.69, 9.17) is 9.84 Å². The highest BCUT2D eigenvalue weighted by molar-refractivity contribution is 5.94. The Hall–Kier alpha value is -1.46. The lowest BCUT2D eigenvalue weighted by molar-refractivity contribution is -0.126. The first-order chi connectivity index (χ1) is 8.69. The highest BCUT2D eigenvalue weighted by Crippen LogP contribution is 2.20. The Kier molecular flexibility index (Phi) is 4.28. The molecular weight excluding hydrogens is 232 g/mol. The molecule has 0 radical (unpaired) electrons. The molecule has 98 valence electrons. The maximum Gasteiger partial charge on any atom is 0.253 e. The molecule has 0 spiro atoms. The molecule has 0 aliphatic carbocycles. The zero-order chi connectivity index (χ0) is 13.0. The summed E-state index contributed by atoms with van der Waals surface area (Å²) in [6.07, 6.45) is 3.60. The highest BCUT2D eigenvalue weighted by Gasteiger charge is 2.28. The maximum atomic E-state index is 11.9. The molecule has 2 rings (SSSR count). The third-order valence-corrected chi connectivity index (χ3v) is 2.98. The van der Waals surface area contributed by atoms with Crippen LogP contribution < -0.4 is 5.32 Å². The van der Waals surface area contributed by atoms with Crippen LogP contribution in [-0.2, 0) is 16.0 Å². The van der Waals surface area contributed by atoms with Gasteiger partial charge in [0, 0.05) is 30.6 Å². The average Bonchev–Trinajstić information content (AvgIpc) is 2.77. The monoisotopic (exact) mass is 250 g/mol. The summed E-state index contributed by atoms with van der Waals surface area (Å²) in [7, 11) is 0. The Balaban J connectivity index is 1.96. The third-order valence-electron chi connectivity index (χ3n) is 2.98. The number of aromatic nitrogens is 1. The van der Waals surface area contributed by atoms with E-state index in [-0.39, 0.29) is 24.7 Å². The van der Waals surface area contributed by atoms with Gasteiger partial charge in [-0.25, -0.2) is 0 Å². The largest absolute Gasteiger partial charge is 0.396 e. The predicted octanol–water partition coefficient (Wildman–Crippen LogP) is 1.12. The van der Waals surface area contributed by atoms with Crippen molar-refractivity contribution in [2.75, 3.05) is 11.9 Å². The van der Waals surface area contributed by atoms with Crippen molar-refractivity contribution in [2.24, 2.45) is 0 Å². The summed E-state index contributed by atoms with van der Waals surface area (Å²) < 4.78 is 5.51. The quantitative estimate of drug-likeness (QED) is 0.840. The van der Waals surface area contributed by atoms with Crippen LogP contribution in [0.4, 0.5) is 5.69 Å². The first-order valence-electron chi connectivity index (χ1n) is 6.21. The molecule has 1 aromatic rings. The maximum absolute atomic E-state index is 11.9. The van der Waals surface area contributed by atoms with Gasteiger partial charge in [0.1, 0.15) is 6.10 Å². The second kappa shape index (κ2) is 5.93. The molecule has 5 nitrogen and oxygen atoms in total. The van der Waals surface area contributed by atoms with Crippen molar-refractivity contribution < 1.29 is 14.6 Å². The van der Waals surface area contributed by atoms with Crippen molar-refractivity contribution in [1.82, 2.24) is 4.98 Å². The Labute approximate surface area is 106 Å². The normalized spacial score (nSPS) is 23.0. The minimum absolute atomic E-state index is 0.0493. The van der Waals surface area contributed by atoms with Crippen molar-refractivity contribution in [3.8, 4) is 0 Å². The number of aliphatic hydroxyl groups is 1. The third kappa shape index (κ3) is 3.27. The van der Waals surface area contributed by atoms with Gasteiger partial charge in [0.15, 0.2) is 0 Å². The molecule has 1 amide bonds. The SMILES string of the molecule is CC1CCC(C(=O)Nc2ccnc(CCO)c2)O1. The number of rotatable bonds is 4. The Morgan fingerprint density at radius 1 is 1.61 bits per heavy atom. The van der Waals surface area contributed by atoms with E-state index >= 15 is 0 Å². The van der Waals surface area contributed by atoms with Crippen molar-refractivity contribution in [3.63, 3.8) is 0 Å². The number of nitrogens with one attached hydrogen (secondary N) is 1. The summed E-state index contributed by atoms with van der Waals surface area (Å²) in [5.74, 6) is -0.111. The molecule has 0 bridgehead atoms. The number of pyridine rings is 1. The van der Waals surface area contributed by atoms with Crippen LogP contribution in [-0.4, -0.2) is 34.8 Å². The Bertz CT molecular complexity index is 422. The molecule has 1 aliphatic heterocycles. The topological polar surface area (TPSA) is 71.5 Å². The molecule has 5 heteroatoms. The van der Waals surface area contributed by atoms with Crippen LogP contribution in [0.5, 0.6) is 0 Å². The number of carbonyl (C=O) groups is 1. The van der Waals surface area contributed by atoms with E-state index < -0.39 is 0 Å². The van der Waals surface area contributed by atoms with E-state index in [0.717, 1.165) is 18.5 Å². The van der Waals surface area contributed by atoms with Crippen molar-refractivity contribution in [2.45, 2.75) is 38.4 Å². The fourth-order valence-corrected chi connectivity index (χ4v) is 2.03. The fraction of sp³-hybridized carbons (Fsp3) is 0.538. The van der Waals surface area contributed by atoms with Crippen LogP contribution >= 0.6 is 0 Å². The highest BCUT2D eigenvalue weighted by atomic mass is 16.5. The summed E-state index contributed by atoms with van der Waals surface area (Å²) in [5.41, 5.74) is 1.46. The van der Waals surface area contributed by atoms with Gasteiger partial charge in [-0.15, -0.1) is 0 Å². The van der Waals surface area contributed by atoms with Crippen molar-refractivity contribution in [3.05, 3.63) is 24.0 Å². The lowest BCUT2D eigenvalue weighted by atomic mass is 10.2. The number of carbonyl (C=O) groups excluding carboxylic acids is 1. The molecule has 2 unspecified atom stereocenters. The first kappa shape index (κ1) is 13.0. The molecule has 2 heterocycles. The molecular formula is C13H18N2O3. The van der Waals surface area contributed by atoms with Crippen LogP contribution in [0.2, 0.25) is 0 Å². The molecule has 2 atom stereocenters. The number of anilines is 1. The molecule has 0 saturated carbocycles. The average molecular weight is 250 g/mol. The summed E-state index contributed by atoms with van der Waals surface area (Å²) in [5, 5.41) is 11.7. The fourth-order valence-electron chi connectivity index (χ4n) is 2.03. The minimum atomic E-state index is -0.352. The summed E-state index contributed by atoms with van der Waals surface area (Å²) in [6, 6.07) is 3.50. The van der Waals surface area contributed by atoms with Gasteiger partial charge in [0.05, 0.1) is 6.10 Å². The molecule has 2 N–H and O–H groups in total. The second-order valence-corrected chi connectivity index (χ2v) is 4.51. The Morgan fingerprint density at radius 3 is 3.11 bits per heavy atom. The zero-order valence-electron chi connectivity index (χ0n) is 10.4. The zero-order valence-corrected chi connectivity index (χ0v) is 10.4. The van der Waals surface area contributed by atoms with Gasteiger partial charge in [-0.3, -0.25) is 9.78 Å². The van der Waals surface area contributed by atoms with Gasteiger partial charge in [-0.2, -0.15) is 0 Å². The lowest BCUT2D eigenvalue weighted by Crippen LogP contribution is -2.27. The lowest BCUT2D eigenvalue weighted by Gasteiger charge is -2.12. The van der Waals surface area contributed by atoms with Gasteiger partial charge in [0.25, 0.3) is 5.91 Å². The molecule has 0 aromatic carbocycles. The number of hydrogen-bond donors (Lipinski definition) is 2.